The first kappa shape index (κ1) is 49.9. The number of aromatic nitrogens is 4. The van der Waals surface area contributed by atoms with E-state index in [9.17, 15) is 10.5 Å². The summed E-state index contributed by atoms with van der Waals surface area (Å²) in [4.78, 5) is 28.6. The van der Waals surface area contributed by atoms with Crippen LogP contribution >= 0.6 is 0 Å². The summed E-state index contributed by atoms with van der Waals surface area (Å²) in [6.07, 6.45) is 0. The van der Waals surface area contributed by atoms with E-state index in [-0.39, 0.29) is 0 Å². The second-order valence-corrected chi connectivity index (χ2v) is 22.6. The van der Waals surface area contributed by atoms with Gasteiger partial charge in [0, 0.05) is 66.1 Å². The Bertz CT molecular complexity index is 5290. The van der Waals surface area contributed by atoms with Gasteiger partial charge in [0.2, 0.25) is 0 Å². The molecule has 2 N–H and O–H groups in total. The molecule has 14 aromatic rings. The summed E-state index contributed by atoms with van der Waals surface area (Å²) >= 11 is 0. The highest BCUT2D eigenvalue weighted by Gasteiger charge is 2.31. The molecule has 8 heteroatoms. The molecule has 0 saturated heterocycles. The largest absolute Gasteiger partial charge is 0.353 e. The number of aromatic amines is 2. The van der Waals surface area contributed by atoms with Crippen LogP contribution in [0.2, 0.25) is 0 Å². The van der Waals surface area contributed by atoms with Gasteiger partial charge in [0.1, 0.15) is 0 Å². The number of nitriles is 2. The van der Waals surface area contributed by atoms with Crippen LogP contribution in [0, 0.1) is 35.8 Å². The molecule has 3 aliphatic rings. The van der Waals surface area contributed by atoms with E-state index in [1.165, 1.54) is 0 Å². The average molecular weight is 1120 g/mol. The number of nitrogens with zero attached hydrogens (tertiary/aromatic N) is 6. The predicted molar refractivity (Wildman–Crippen MR) is 359 cm³/mol. The summed E-state index contributed by atoms with van der Waals surface area (Å²) in [5, 5.41) is 33.4. The van der Waals surface area contributed by atoms with Crippen molar-refractivity contribution in [2.24, 2.45) is 0 Å². The van der Waals surface area contributed by atoms with Crippen LogP contribution in [-0.2, 0) is 0 Å². The Balaban J connectivity index is 1.24. The summed E-state index contributed by atoms with van der Waals surface area (Å²) in [5.41, 5.74) is 17.5. The van der Waals surface area contributed by atoms with Crippen molar-refractivity contribution in [3.05, 3.63) is 277 Å². The minimum atomic E-state index is 0.473. The van der Waals surface area contributed by atoms with Crippen molar-refractivity contribution in [3.63, 3.8) is 0 Å². The maximum atomic E-state index is 10.8. The van der Waals surface area contributed by atoms with Crippen molar-refractivity contribution < 1.29 is 0 Å². The van der Waals surface area contributed by atoms with Gasteiger partial charge in [0.15, 0.2) is 11.4 Å². The Morgan fingerprint density at radius 2 is 0.557 bits per heavy atom. The fourth-order valence-corrected chi connectivity index (χ4v) is 13.7. The van der Waals surface area contributed by atoms with Crippen LogP contribution in [0.1, 0.15) is 11.1 Å². The monoisotopic (exact) mass is 1110 g/mol. The van der Waals surface area contributed by atoms with E-state index in [2.05, 4.69) is 202 Å². The van der Waals surface area contributed by atoms with Gasteiger partial charge < -0.3 is 9.97 Å². The summed E-state index contributed by atoms with van der Waals surface area (Å²) in [6.45, 7) is 16.9. The van der Waals surface area contributed by atoms with Gasteiger partial charge in [-0.15, -0.1) is 0 Å². The van der Waals surface area contributed by atoms with E-state index in [0.717, 1.165) is 153 Å². The minimum absolute atomic E-state index is 0.473. The molecule has 0 radical (unpaired) electrons. The van der Waals surface area contributed by atoms with Crippen LogP contribution in [0.25, 0.3) is 186 Å². The van der Waals surface area contributed by atoms with Gasteiger partial charge in [0.05, 0.1) is 81.3 Å². The number of hydrogen-bond donors (Lipinski definition) is 2. The molecular formula is C80H42N8. The fraction of sp³-hybridized carbons (Fsp3) is 0. The molecule has 2 aromatic heterocycles. The molecule has 8 nitrogen and oxygen atoms in total. The zero-order chi connectivity index (χ0) is 58.7. The van der Waals surface area contributed by atoms with Gasteiger partial charge in [-0.3, -0.25) is 0 Å². The number of benzene rings is 12. The molecule has 0 atom stereocenters. The van der Waals surface area contributed by atoms with Crippen LogP contribution in [0.5, 0.6) is 0 Å². The Morgan fingerprint density at radius 1 is 0.295 bits per heavy atom. The lowest BCUT2D eigenvalue weighted by molar-refractivity contribution is 1.39. The van der Waals surface area contributed by atoms with E-state index in [1.807, 2.05) is 72.8 Å². The molecule has 1 aliphatic carbocycles. The van der Waals surface area contributed by atoms with Gasteiger partial charge in [-0.1, -0.05) is 158 Å². The van der Waals surface area contributed by atoms with Crippen LogP contribution in [0.15, 0.2) is 243 Å². The molecule has 0 saturated carbocycles. The molecule has 88 heavy (non-hydrogen) atoms. The minimum Gasteiger partial charge on any atom is -0.353 e. The maximum Gasteiger partial charge on any atom is 0.187 e. The quantitative estimate of drug-likeness (QED) is 0.171. The van der Waals surface area contributed by atoms with Gasteiger partial charge in [-0.25, -0.2) is 19.7 Å². The molecule has 12 aromatic carbocycles. The Morgan fingerprint density at radius 3 is 0.830 bits per heavy atom. The first-order valence-electron chi connectivity index (χ1n) is 28.9. The molecular weight excluding hydrogens is 1070 g/mol. The molecule has 8 bridgehead atoms. The highest BCUT2D eigenvalue weighted by atomic mass is 14.8. The summed E-state index contributed by atoms with van der Waals surface area (Å²) in [7, 11) is 0. The maximum absolute atomic E-state index is 10.8. The normalized spacial score (nSPS) is 11.6. The Labute approximate surface area is 504 Å². The van der Waals surface area contributed by atoms with Gasteiger partial charge in [-0.05, 0) is 150 Å². The highest BCUT2D eigenvalue weighted by molar-refractivity contribution is 6.25. The smallest absolute Gasteiger partial charge is 0.187 e. The van der Waals surface area contributed by atoms with Crippen LogP contribution < -0.4 is 0 Å². The number of rotatable bonds is 4. The molecule has 17 rings (SSSR count). The van der Waals surface area contributed by atoms with Crippen molar-refractivity contribution in [1.29, 1.82) is 10.5 Å². The average Bonchev–Trinajstić information content (AvgIpc) is 1.66. The van der Waals surface area contributed by atoms with Gasteiger partial charge in [0.25, 0.3) is 0 Å². The molecule has 0 amide bonds. The van der Waals surface area contributed by atoms with Crippen molar-refractivity contribution in [2.75, 3.05) is 0 Å². The zero-order valence-electron chi connectivity index (χ0n) is 46.8. The van der Waals surface area contributed by atoms with Crippen LogP contribution in [0.3, 0.4) is 0 Å². The summed E-state index contributed by atoms with van der Waals surface area (Å²) in [5.74, 6) is 0. The second-order valence-electron chi connectivity index (χ2n) is 22.6. The zero-order valence-corrected chi connectivity index (χ0v) is 46.8. The van der Waals surface area contributed by atoms with Crippen molar-refractivity contribution in [1.82, 2.24) is 19.9 Å². The molecule has 402 valence electrons. The standard InChI is InChI=1S/C80H42N8/c1-83-59-29-13-27-57(33-59)71-77-65-39-51-21-7-5-19-49(51)37-63(65)75(86-77)69(55-25-11-15-45(31-55)43-81)73-61-35-47-17-3-4-18-48(47)36-62(61)74(85-73)70(56-26-12-16-46(32-56)44-82)76-64-38-50-20-6-8-22-52(50)40-66(64)78(87-76)72(58-28-14-30-60(34-58)84-2)80-68-42-54-24-10-9-23-53(54)41-67(68)79(71)88-80/h3-42,86-87H. The molecule has 0 fully saturated rings. The number of hydrogen-bond acceptors (Lipinski definition) is 4. The third-order valence-corrected chi connectivity index (χ3v) is 17.6. The number of fused-ring (bicyclic) bond motifs is 4. The van der Waals surface area contributed by atoms with Crippen LogP contribution in [-0.4, -0.2) is 19.9 Å². The lowest BCUT2D eigenvalue weighted by Crippen LogP contribution is -1.88. The lowest BCUT2D eigenvalue weighted by atomic mass is 9.91. The van der Waals surface area contributed by atoms with Crippen molar-refractivity contribution in [2.45, 2.75) is 0 Å². The molecule has 0 unspecified atom stereocenters. The van der Waals surface area contributed by atoms with Crippen LogP contribution in [0.4, 0.5) is 11.4 Å². The molecule has 2 aliphatic heterocycles. The summed E-state index contributed by atoms with van der Waals surface area (Å²) in [6, 6.07) is 87.7. The molecule has 4 heterocycles. The van der Waals surface area contributed by atoms with Gasteiger partial charge in [-0.2, -0.15) is 10.5 Å². The topological polar surface area (TPSA) is 114 Å². The number of H-pyrrole nitrogens is 2. The third kappa shape index (κ3) is 7.68. The third-order valence-electron chi connectivity index (χ3n) is 17.6. The number of nitrogens with one attached hydrogen (secondary N) is 2. The Kier molecular flexibility index (Phi) is 11.0. The van der Waals surface area contributed by atoms with Crippen molar-refractivity contribution >= 4 is 98.1 Å². The van der Waals surface area contributed by atoms with Gasteiger partial charge >= 0.3 is 0 Å². The lowest BCUT2D eigenvalue weighted by Gasteiger charge is -2.11. The van der Waals surface area contributed by atoms with E-state index < -0.39 is 0 Å². The summed E-state index contributed by atoms with van der Waals surface area (Å²) < 4.78 is 0. The first-order chi connectivity index (χ1) is 43.4. The highest BCUT2D eigenvalue weighted by Crippen LogP contribution is 2.54. The predicted octanol–water partition coefficient (Wildman–Crippen LogP) is 21.4. The van der Waals surface area contributed by atoms with E-state index in [0.29, 0.717) is 45.3 Å². The van der Waals surface area contributed by atoms with E-state index in [4.69, 9.17) is 23.1 Å². The SMILES string of the molecule is [C-]#[N+]c1cccc(-c2c3nc(c(-c4cccc([N+]#[C-])c4)c4[nH]c(c(-c5cccc(C#N)c5)c5nc(c(-c6cccc(C#N)c6)c6[nH]c2c2cc7ccccc7cc62)-c2cc6ccccc6cc2-5)c2cc5ccccc5cc42)-c2cc4ccccc4cc2-3)c1. The van der Waals surface area contributed by atoms with E-state index in [1.54, 1.807) is 0 Å². The second kappa shape index (κ2) is 19.4. The molecule has 0 spiro atoms. The first-order valence-corrected chi connectivity index (χ1v) is 28.9. The fourth-order valence-electron chi connectivity index (χ4n) is 13.7. The van der Waals surface area contributed by atoms with E-state index >= 15 is 0 Å². The Hall–Kier alpha value is -12.7. The van der Waals surface area contributed by atoms with Crippen molar-refractivity contribution in [3.8, 4) is 102 Å².